The first-order chi connectivity index (χ1) is 13.1. The van der Waals surface area contributed by atoms with Crippen LogP contribution in [-0.2, 0) is 4.79 Å². The Labute approximate surface area is 164 Å². The molecule has 1 unspecified atom stereocenters. The van der Waals surface area contributed by atoms with Crippen molar-refractivity contribution < 1.29 is 14.3 Å². The first-order valence-corrected chi connectivity index (χ1v) is 10.3. The van der Waals surface area contributed by atoms with E-state index in [1.165, 1.54) is 0 Å². The summed E-state index contributed by atoms with van der Waals surface area (Å²) in [6, 6.07) is 7.50. The molecule has 2 aromatic rings. The average molecular weight is 387 g/mol. The Kier molecular flexibility index (Phi) is 6.50. The zero-order valence-corrected chi connectivity index (χ0v) is 16.7. The second kappa shape index (κ2) is 9.04. The van der Waals surface area contributed by atoms with Crippen molar-refractivity contribution in [1.29, 1.82) is 0 Å². The Morgan fingerprint density at radius 1 is 1.33 bits per heavy atom. The number of benzene rings is 1. The summed E-state index contributed by atoms with van der Waals surface area (Å²) in [5.41, 5.74) is 2.57. The van der Waals surface area contributed by atoms with E-state index >= 15 is 0 Å². The number of nitrogens with one attached hydrogen (secondary N) is 1. The van der Waals surface area contributed by atoms with Gasteiger partial charge < -0.3 is 15.0 Å². The smallest absolute Gasteiger partial charge is 0.254 e. The highest BCUT2D eigenvalue weighted by Gasteiger charge is 2.25. The molecule has 2 amide bonds. The molecule has 0 aliphatic carbocycles. The number of methoxy groups -OCH3 is 1. The third kappa shape index (κ3) is 5.10. The fourth-order valence-corrected chi connectivity index (χ4v) is 4.13. The van der Waals surface area contributed by atoms with Gasteiger partial charge >= 0.3 is 0 Å². The SMILES string of the molecule is COc1ccc(NC(=O)CCC2CCCN(C(=O)c3ccsc3)C2)c(C)c1. The Balaban J connectivity index is 1.49. The summed E-state index contributed by atoms with van der Waals surface area (Å²) in [5, 5.41) is 6.81. The van der Waals surface area contributed by atoms with Gasteiger partial charge in [-0.15, -0.1) is 0 Å². The van der Waals surface area contributed by atoms with Gasteiger partial charge in [-0.2, -0.15) is 11.3 Å². The maximum atomic E-state index is 12.5. The maximum Gasteiger partial charge on any atom is 0.254 e. The van der Waals surface area contributed by atoms with Crippen LogP contribution in [0.3, 0.4) is 0 Å². The molecule has 0 saturated carbocycles. The Bertz CT molecular complexity index is 789. The topological polar surface area (TPSA) is 58.6 Å². The molecule has 5 nitrogen and oxygen atoms in total. The van der Waals surface area contributed by atoms with Gasteiger partial charge in [-0.3, -0.25) is 9.59 Å². The van der Waals surface area contributed by atoms with Crippen molar-refractivity contribution in [2.75, 3.05) is 25.5 Å². The van der Waals surface area contributed by atoms with Gasteiger partial charge in [0.05, 0.1) is 12.7 Å². The van der Waals surface area contributed by atoms with Crippen LogP contribution in [0, 0.1) is 12.8 Å². The summed E-state index contributed by atoms with van der Waals surface area (Å²) >= 11 is 1.54. The molecule has 144 valence electrons. The number of nitrogens with zero attached hydrogens (tertiary/aromatic N) is 1. The molecule has 1 saturated heterocycles. The van der Waals surface area contributed by atoms with Crippen molar-refractivity contribution in [3.63, 3.8) is 0 Å². The van der Waals surface area contributed by atoms with Gasteiger partial charge in [-0.05, 0) is 67.3 Å². The molecule has 1 aliphatic rings. The van der Waals surface area contributed by atoms with E-state index in [0.717, 1.165) is 54.9 Å². The number of anilines is 1. The van der Waals surface area contributed by atoms with E-state index < -0.39 is 0 Å². The molecule has 1 aliphatic heterocycles. The van der Waals surface area contributed by atoms with Crippen molar-refractivity contribution in [1.82, 2.24) is 4.90 Å². The first-order valence-electron chi connectivity index (χ1n) is 9.33. The van der Waals surface area contributed by atoms with Crippen LogP contribution in [0.2, 0.25) is 0 Å². The highest BCUT2D eigenvalue weighted by molar-refractivity contribution is 7.08. The van der Waals surface area contributed by atoms with Crippen LogP contribution in [0.1, 0.15) is 41.6 Å². The summed E-state index contributed by atoms with van der Waals surface area (Å²) < 4.78 is 5.19. The van der Waals surface area contributed by atoms with Crippen LogP contribution >= 0.6 is 11.3 Å². The molecule has 6 heteroatoms. The van der Waals surface area contributed by atoms with Gasteiger partial charge in [0.25, 0.3) is 5.91 Å². The lowest BCUT2D eigenvalue weighted by molar-refractivity contribution is -0.116. The lowest BCUT2D eigenvalue weighted by Crippen LogP contribution is -2.40. The highest BCUT2D eigenvalue weighted by Crippen LogP contribution is 2.24. The van der Waals surface area contributed by atoms with Crippen molar-refractivity contribution in [3.05, 3.63) is 46.2 Å². The minimum Gasteiger partial charge on any atom is -0.497 e. The minimum atomic E-state index is 0.0181. The van der Waals surface area contributed by atoms with Gasteiger partial charge in [0.15, 0.2) is 0 Å². The van der Waals surface area contributed by atoms with E-state index in [1.54, 1.807) is 18.4 Å². The van der Waals surface area contributed by atoms with E-state index in [9.17, 15) is 9.59 Å². The summed E-state index contributed by atoms with van der Waals surface area (Å²) in [7, 11) is 1.63. The number of aryl methyl sites for hydroxylation is 1. The average Bonchev–Trinajstić information content (AvgIpc) is 3.22. The quantitative estimate of drug-likeness (QED) is 0.804. The zero-order valence-electron chi connectivity index (χ0n) is 15.9. The highest BCUT2D eigenvalue weighted by atomic mass is 32.1. The molecule has 1 N–H and O–H groups in total. The van der Waals surface area contributed by atoms with E-state index in [2.05, 4.69) is 5.32 Å². The van der Waals surface area contributed by atoms with Gasteiger partial charge in [0, 0.05) is 30.6 Å². The summed E-state index contributed by atoms with van der Waals surface area (Å²) in [6.07, 6.45) is 3.34. The van der Waals surface area contributed by atoms with E-state index in [1.807, 2.05) is 46.8 Å². The molecule has 1 atom stereocenters. The molecule has 1 fully saturated rings. The Morgan fingerprint density at radius 2 is 2.19 bits per heavy atom. The van der Waals surface area contributed by atoms with Crippen LogP contribution < -0.4 is 10.1 Å². The van der Waals surface area contributed by atoms with E-state index in [-0.39, 0.29) is 11.8 Å². The Morgan fingerprint density at radius 3 is 2.89 bits per heavy atom. The van der Waals surface area contributed by atoms with Gasteiger partial charge in [-0.25, -0.2) is 0 Å². The van der Waals surface area contributed by atoms with Crippen molar-refractivity contribution in [3.8, 4) is 5.75 Å². The predicted octanol–water partition coefficient (Wildman–Crippen LogP) is 4.34. The number of hydrogen-bond acceptors (Lipinski definition) is 4. The zero-order chi connectivity index (χ0) is 19.2. The van der Waals surface area contributed by atoms with Crippen molar-refractivity contribution >= 4 is 28.8 Å². The van der Waals surface area contributed by atoms with E-state index in [4.69, 9.17) is 4.74 Å². The van der Waals surface area contributed by atoms with Crippen molar-refractivity contribution in [2.45, 2.75) is 32.6 Å². The lowest BCUT2D eigenvalue weighted by Gasteiger charge is -2.32. The van der Waals surface area contributed by atoms with Crippen LogP contribution in [0.5, 0.6) is 5.75 Å². The fraction of sp³-hybridized carbons (Fsp3) is 0.429. The monoisotopic (exact) mass is 386 g/mol. The predicted molar refractivity (Wildman–Crippen MR) is 109 cm³/mol. The number of hydrogen-bond donors (Lipinski definition) is 1. The normalized spacial score (nSPS) is 16.8. The molecule has 0 radical (unpaired) electrons. The molecule has 2 heterocycles. The lowest BCUT2D eigenvalue weighted by atomic mass is 9.93. The Hall–Kier alpha value is -2.34. The molecule has 0 bridgehead atoms. The number of carbonyl (C=O) groups is 2. The number of piperidine rings is 1. The third-order valence-corrected chi connectivity index (χ3v) is 5.74. The van der Waals surface area contributed by atoms with Crippen LogP contribution in [0.25, 0.3) is 0 Å². The van der Waals surface area contributed by atoms with Crippen LogP contribution in [-0.4, -0.2) is 36.9 Å². The second-order valence-corrected chi connectivity index (χ2v) is 7.82. The molecular weight excluding hydrogens is 360 g/mol. The number of ether oxygens (including phenoxy) is 1. The van der Waals surface area contributed by atoms with Gasteiger partial charge in [0.1, 0.15) is 5.75 Å². The number of carbonyl (C=O) groups excluding carboxylic acids is 2. The number of rotatable bonds is 6. The van der Waals surface area contributed by atoms with Gasteiger partial charge in [0.2, 0.25) is 5.91 Å². The molecule has 3 rings (SSSR count). The number of amides is 2. The largest absolute Gasteiger partial charge is 0.497 e. The maximum absolute atomic E-state index is 12.5. The standard InChI is InChI=1S/C21H26N2O3S/c1-15-12-18(26-2)6-7-19(15)22-20(24)8-5-16-4-3-10-23(13-16)21(25)17-9-11-27-14-17/h6-7,9,11-12,14,16H,3-5,8,10,13H2,1-2H3,(H,22,24). The number of likely N-dealkylation sites (tertiary alicyclic amines) is 1. The van der Waals surface area contributed by atoms with Gasteiger partial charge in [-0.1, -0.05) is 0 Å². The molecule has 1 aromatic heterocycles. The number of thiophene rings is 1. The second-order valence-electron chi connectivity index (χ2n) is 7.04. The van der Waals surface area contributed by atoms with Crippen LogP contribution in [0.4, 0.5) is 5.69 Å². The third-order valence-electron chi connectivity index (χ3n) is 5.06. The molecular formula is C21H26N2O3S. The van der Waals surface area contributed by atoms with Crippen molar-refractivity contribution in [2.24, 2.45) is 5.92 Å². The van der Waals surface area contributed by atoms with E-state index in [0.29, 0.717) is 12.3 Å². The summed E-state index contributed by atoms with van der Waals surface area (Å²) in [5.74, 6) is 1.29. The minimum absolute atomic E-state index is 0.0181. The molecule has 27 heavy (non-hydrogen) atoms. The first kappa shape index (κ1) is 19.4. The molecule has 0 spiro atoms. The van der Waals surface area contributed by atoms with Crippen LogP contribution in [0.15, 0.2) is 35.0 Å². The summed E-state index contributed by atoms with van der Waals surface area (Å²) in [4.78, 5) is 26.8. The summed E-state index contributed by atoms with van der Waals surface area (Å²) in [6.45, 7) is 3.50. The molecule has 1 aromatic carbocycles. The fourth-order valence-electron chi connectivity index (χ4n) is 3.51.